The number of carbonyl (C=O) groups excluding carboxylic acids is 1. The molecule has 0 bridgehead atoms. The Hall–Kier alpha value is -2.36. The molecule has 2 aliphatic rings. The van der Waals surface area contributed by atoms with E-state index in [4.69, 9.17) is 16.2 Å². The van der Waals surface area contributed by atoms with Gasteiger partial charge in [0.05, 0.1) is 18.5 Å². The van der Waals surface area contributed by atoms with E-state index in [-0.39, 0.29) is 18.2 Å². The average molecular weight is 377 g/mol. The standard InChI is InChI=1S/C18H21F2N5O2/c19-11-1-2-14(20)13(3-11)18-15(21)4-12(9-27-18)24-6-10-5-23-25(8-17(22)26)16(10)7-24/h1-3,5,12,15,18H,4,6-9,21H2,(H2,22,26)/t12-,15+,18?/m1/s1. The van der Waals surface area contributed by atoms with Gasteiger partial charge in [0, 0.05) is 36.3 Å². The van der Waals surface area contributed by atoms with Crippen molar-refractivity contribution >= 4 is 5.91 Å². The molecule has 1 saturated heterocycles. The molecule has 1 fully saturated rings. The minimum absolute atomic E-state index is 0.0438. The van der Waals surface area contributed by atoms with Crippen molar-refractivity contribution in [3.63, 3.8) is 0 Å². The maximum atomic E-state index is 14.1. The number of nitrogens with two attached hydrogens (primary N) is 2. The van der Waals surface area contributed by atoms with Crippen LogP contribution in [0.25, 0.3) is 0 Å². The van der Waals surface area contributed by atoms with Crippen LogP contribution in [0.1, 0.15) is 29.3 Å². The van der Waals surface area contributed by atoms with Crippen LogP contribution in [0.15, 0.2) is 24.4 Å². The molecule has 0 aliphatic carbocycles. The summed E-state index contributed by atoms with van der Waals surface area (Å²) in [4.78, 5) is 13.4. The van der Waals surface area contributed by atoms with E-state index in [2.05, 4.69) is 10.00 Å². The van der Waals surface area contributed by atoms with E-state index < -0.39 is 29.7 Å². The van der Waals surface area contributed by atoms with Crippen molar-refractivity contribution in [2.75, 3.05) is 6.61 Å². The number of aromatic nitrogens is 2. The molecular weight excluding hydrogens is 356 g/mol. The van der Waals surface area contributed by atoms with Crippen LogP contribution < -0.4 is 11.5 Å². The number of rotatable bonds is 4. The fourth-order valence-electron chi connectivity index (χ4n) is 3.93. The molecule has 0 spiro atoms. The van der Waals surface area contributed by atoms with Crippen LogP contribution in [0.4, 0.5) is 8.78 Å². The second kappa shape index (κ2) is 6.99. The van der Waals surface area contributed by atoms with E-state index in [0.717, 1.165) is 29.5 Å². The van der Waals surface area contributed by atoms with Gasteiger partial charge >= 0.3 is 0 Å². The van der Waals surface area contributed by atoms with Crippen LogP contribution in [0, 0.1) is 11.6 Å². The molecule has 1 amide bonds. The lowest BCUT2D eigenvalue weighted by Crippen LogP contribution is -2.47. The van der Waals surface area contributed by atoms with Gasteiger partial charge in [-0.05, 0) is 24.6 Å². The van der Waals surface area contributed by atoms with Crippen molar-refractivity contribution < 1.29 is 18.3 Å². The molecule has 3 atom stereocenters. The van der Waals surface area contributed by atoms with Gasteiger partial charge in [-0.3, -0.25) is 14.4 Å². The quantitative estimate of drug-likeness (QED) is 0.822. The molecular formula is C18H21F2N5O2. The van der Waals surface area contributed by atoms with E-state index in [1.165, 1.54) is 0 Å². The van der Waals surface area contributed by atoms with Gasteiger partial charge < -0.3 is 16.2 Å². The van der Waals surface area contributed by atoms with Gasteiger partial charge in [0.2, 0.25) is 5.91 Å². The van der Waals surface area contributed by atoms with Gasteiger partial charge in [0.25, 0.3) is 0 Å². The number of amides is 1. The normalized spacial score (nSPS) is 25.5. The Morgan fingerprint density at radius 2 is 2.15 bits per heavy atom. The minimum Gasteiger partial charge on any atom is -0.370 e. The molecule has 0 radical (unpaired) electrons. The average Bonchev–Trinajstić information content (AvgIpc) is 3.19. The number of halogens is 2. The lowest BCUT2D eigenvalue weighted by molar-refractivity contribution is -0.118. The van der Waals surface area contributed by atoms with Crippen molar-refractivity contribution in [1.82, 2.24) is 14.7 Å². The summed E-state index contributed by atoms with van der Waals surface area (Å²) in [6.45, 7) is 1.70. The molecule has 9 heteroatoms. The van der Waals surface area contributed by atoms with Crippen molar-refractivity contribution in [3.05, 3.63) is 52.9 Å². The number of hydrogen-bond acceptors (Lipinski definition) is 5. The molecule has 7 nitrogen and oxygen atoms in total. The van der Waals surface area contributed by atoms with E-state index in [1.807, 2.05) is 0 Å². The van der Waals surface area contributed by atoms with Crippen molar-refractivity contribution in [1.29, 1.82) is 0 Å². The summed E-state index contributed by atoms with van der Waals surface area (Å²) in [6, 6.07) is 2.90. The maximum absolute atomic E-state index is 14.1. The molecule has 27 heavy (non-hydrogen) atoms. The second-order valence-corrected chi connectivity index (χ2v) is 7.12. The van der Waals surface area contributed by atoms with Gasteiger partial charge in [-0.25, -0.2) is 8.78 Å². The number of hydrogen-bond donors (Lipinski definition) is 2. The lowest BCUT2D eigenvalue weighted by Gasteiger charge is -2.38. The first-order valence-electron chi connectivity index (χ1n) is 8.80. The predicted octanol–water partition coefficient (Wildman–Crippen LogP) is 0.820. The zero-order chi connectivity index (χ0) is 19.1. The van der Waals surface area contributed by atoms with Gasteiger partial charge in [0.15, 0.2) is 0 Å². The lowest BCUT2D eigenvalue weighted by atomic mass is 9.93. The SMILES string of the molecule is NC(=O)Cn1ncc2c1CN([C@H]1COC(c3cc(F)ccc3F)[C@@H](N)C1)C2. The highest BCUT2D eigenvalue weighted by atomic mass is 19.1. The molecule has 4 N–H and O–H groups in total. The van der Waals surface area contributed by atoms with Crippen LogP contribution >= 0.6 is 0 Å². The first-order chi connectivity index (χ1) is 12.9. The number of benzene rings is 1. The van der Waals surface area contributed by atoms with Gasteiger partial charge in [-0.15, -0.1) is 0 Å². The predicted molar refractivity (Wildman–Crippen MR) is 92.1 cm³/mol. The van der Waals surface area contributed by atoms with E-state index in [0.29, 0.717) is 26.1 Å². The number of ether oxygens (including phenoxy) is 1. The second-order valence-electron chi connectivity index (χ2n) is 7.12. The Kier molecular flexibility index (Phi) is 4.67. The highest BCUT2D eigenvalue weighted by Crippen LogP contribution is 2.34. The van der Waals surface area contributed by atoms with Crippen LogP contribution in [-0.2, 0) is 29.2 Å². The zero-order valence-corrected chi connectivity index (χ0v) is 14.6. The number of nitrogens with zero attached hydrogens (tertiary/aromatic N) is 3. The topological polar surface area (TPSA) is 99.4 Å². The summed E-state index contributed by atoms with van der Waals surface area (Å²) in [5.41, 5.74) is 13.7. The summed E-state index contributed by atoms with van der Waals surface area (Å²) in [5.74, 6) is -1.48. The van der Waals surface area contributed by atoms with E-state index >= 15 is 0 Å². The molecule has 2 aromatic rings. The third-order valence-corrected chi connectivity index (χ3v) is 5.25. The fraction of sp³-hybridized carbons (Fsp3) is 0.444. The summed E-state index contributed by atoms with van der Waals surface area (Å²) >= 11 is 0. The molecule has 4 rings (SSSR count). The van der Waals surface area contributed by atoms with Gasteiger partial charge in [0.1, 0.15) is 24.3 Å². The molecule has 1 unspecified atom stereocenters. The monoisotopic (exact) mass is 377 g/mol. The van der Waals surface area contributed by atoms with E-state index in [1.54, 1.807) is 10.9 Å². The Balaban J connectivity index is 1.44. The molecule has 2 aliphatic heterocycles. The third kappa shape index (κ3) is 3.45. The summed E-state index contributed by atoms with van der Waals surface area (Å²) < 4.78 is 35.0. The summed E-state index contributed by atoms with van der Waals surface area (Å²) in [5, 5.41) is 4.20. The Labute approximate surface area is 154 Å². The van der Waals surface area contributed by atoms with Crippen molar-refractivity contribution in [2.45, 2.75) is 44.2 Å². The zero-order valence-electron chi connectivity index (χ0n) is 14.6. The third-order valence-electron chi connectivity index (χ3n) is 5.25. The maximum Gasteiger partial charge on any atom is 0.239 e. The van der Waals surface area contributed by atoms with Gasteiger partial charge in [-0.2, -0.15) is 5.10 Å². The fourth-order valence-corrected chi connectivity index (χ4v) is 3.93. The molecule has 1 aromatic heterocycles. The Morgan fingerprint density at radius 3 is 2.89 bits per heavy atom. The van der Waals surface area contributed by atoms with Crippen LogP contribution in [0.5, 0.6) is 0 Å². The van der Waals surface area contributed by atoms with E-state index in [9.17, 15) is 13.6 Å². The number of fused-ring (bicyclic) bond motifs is 1. The number of carbonyl (C=O) groups is 1. The minimum atomic E-state index is -0.674. The van der Waals surface area contributed by atoms with Crippen LogP contribution in [0.2, 0.25) is 0 Å². The van der Waals surface area contributed by atoms with Crippen molar-refractivity contribution in [3.8, 4) is 0 Å². The Bertz CT molecular complexity index is 871. The number of primary amides is 1. The first-order valence-corrected chi connectivity index (χ1v) is 8.80. The largest absolute Gasteiger partial charge is 0.370 e. The highest BCUT2D eigenvalue weighted by Gasteiger charge is 2.37. The summed E-state index contributed by atoms with van der Waals surface area (Å²) in [7, 11) is 0. The van der Waals surface area contributed by atoms with Gasteiger partial charge in [-0.1, -0.05) is 0 Å². The van der Waals surface area contributed by atoms with Crippen molar-refractivity contribution in [2.24, 2.45) is 11.5 Å². The summed E-state index contributed by atoms with van der Waals surface area (Å²) in [6.07, 6.45) is 1.66. The molecule has 144 valence electrons. The first kappa shape index (κ1) is 18.0. The molecule has 0 saturated carbocycles. The smallest absolute Gasteiger partial charge is 0.239 e. The van der Waals surface area contributed by atoms with Crippen LogP contribution in [-0.4, -0.2) is 39.3 Å². The highest BCUT2D eigenvalue weighted by molar-refractivity contribution is 5.73. The molecule has 1 aromatic carbocycles. The van der Waals surface area contributed by atoms with Crippen LogP contribution in [0.3, 0.4) is 0 Å². The molecule has 3 heterocycles. The Morgan fingerprint density at radius 1 is 1.33 bits per heavy atom.